The van der Waals surface area contributed by atoms with Crippen LogP contribution in [0, 0.1) is 11.8 Å². The maximum absolute atomic E-state index is 10.2. The molecule has 0 bridgehead atoms. The van der Waals surface area contributed by atoms with E-state index in [1.807, 2.05) is 0 Å². The summed E-state index contributed by atoms with van der Waals surface area (Å²) in [6.45, 7) is 4.25. The van der Waals surface area contributed by atoms with Crippen LogP contribution in [0.3, 0.4) is 0 Å². The Labute approximate surface area is 129 Å². The maximum Gasteiger partial charge on any atom is 0.0701 e. The Bertz CT molecular complexity index is 395. The Morgan fingerprint density at radius 1 is 1.47 bits per heavy atom. The van der Waals surface area contributed by atoms with Crippen molar-refractivity contribution in [1.29, 1.82) is 0 Å². The summed E-state index contributed by atoms with van der Waals surface area (Å²) in [7, 11) is 2.16. The molecule has 1 aliphatic carbocycles. The number of aliphatic hydroxyl groups is 1. The van der Waals surface area contributed by atoms with Gasteiger partial charge in [-0.1, -0.05) is 13.3 Å². The lowest BCUT2D eigenvalue weighted by Gasteiger charge is -2.35. The summed E-state index contributed by atoms with van der Waals surface area (Å²) < 4.78 is 1.19. The van der Waals surface area contributed by atoms with E-state index >= 15 is 0 Å². The van der Waals surface area contributed by atoms with Crippen LogP contribution in [0.2, 0.25) is 0 Å². The number of nitrogens with zero attached hydrogens (tertiary/aromatic N) is 1. The van der Waals surface area contributed by atoms with E-state index < -0.39 is 0 Å². The normalized spacial score (nSPS) is 27.9. The molecule has 2 rings (SSSR count). The molecule has 108 valence electrons. The van der Waals surface area contributed by atoms with E-state index in [0.29, 0.717) is 5.92 Å². The van der Waals surface area contributed by atoms with Gasteiger partial charge in [0.2, 0.25) is 0 Å². The molecule has 1 heterocycles. The van der Waals surface area contributed by atoms with E-state index in [2.05, 4.69) is 46.2 Å². The van der Waals surface area contributed by atoms with Gasteiger partial charge in [0, 0.05) is 13.1 Å². The predicted octanol–water partition coefficient (Wildman–Crippen LogP) is 4.13. The van der Waals surface area contributed by atoms with Gasteiger partial charge < -0.3 is 10.0 Å². The topological polar surface area (TPSA) is 23.5 Å². The monoisotopic (exact) mass is 345 g/mol. The third kappa shape index (κ3) is 4.55. The first kappa shape index (κ1) is 15.5. The van der Waals surface area contributed by atoms with Crippen molar-refractivity contribution in [3.05, 3.63) is 20.8 Å². The molecule has 0 radical (unpaired) electrons. The predicted molar refractivity (Wildman–Crippen MR) is 85.5 cm³/mol. The fourth-order valence-corrected chi connectivity index (χ4v) is 4.32. The van der Waals surface area contributed by atoms with E-state index in [4.69, 9.17) is 0 Å². The van der Waals surface area contributed by atoms with Crippen LogP contribution in [-0.4, -0.2) is 29.7 Å². The Balaban J connectivity index is 1.84. The molecular formula is C15H24BrNOS. The van der Waals surface area contributed by atoms with E-state index in [1.54, 1.807) is 11.3 Å². The number of rotatable bonds is 5. The van der Waals surface area contributed by atoms with Gasteiger partial charge in [-0.2, -0.15) is 0 Å². The second-order valence-corrected chi connectivity index (χ2v) is 8.16. The summed E-state index contributed by atoms with van der Waals surface area (Å²) in [5, 5.41) is 12.4. The Morgan fingerprint density at radius 3 is 2.89 bits per heavy atom. The standard InChI is InChI=1S/C15H24BrNOS/c1-3-11-4-5-14(18)13(6-11)9-17(2)8-12-7-15(16)19-10-12/h7,10-11,13-14,18H,3-6,8-9H2,1-2H3. The molecule has 3 atom stereocenters. The van der Waals surface area contributed by atoms with Crippen molar-refractivity contribution in [1.82, 2.24) is 4.90 Å². The SMILES string of the molecule is CCC1CCC(O)C(CN(C)Cc2csc(Br)c2)C1. The van der Waals surface area contributed by atoms with Crippen molar-refractivity contribution in [2.75, 3.05) is 13.6 Å². The number of hydrogen-bond donors (Lipinski definition) is 1. The lowest BCUT2D eigenvalue weighted by atomic mass is 9.78. The molecule has 0 amide bonds. The molecule has 1 N–H and O–H groups in total. The van der Waals surface area contributed by atoms with Gasteiger partial charge in [-0.25, -0.2) is 0 Å². The first-order valence-corrected chi connectivity index (χ1v) is 8.85. The van der Waals surface area contributed by atoms with Crippen LogP contribution in [-0.2, 0) is 6.54 Å². The third-order valence-corrected chi connectivity index (χ3v) is 5.80. The van der Waals surface area contributed by atoms with Crippen molar-refractivity contribution in [2.45, 2.75) is 45.3 Å². The average molecular weight is 346 g/mol. The van der Waals surface area contributed by atoms with Crippen LogP contribution >= 0.6 is 27.3 Å². The lowest BCUT2D eigenvalue weighted by Crippen LogP contribution is -2.37. The summed E-state index contributed by atoms with van der Waals surface area (Å²) in [6.07, 6.45) is 4.54. The van der Waals surface area contributed by atoms with Crippen molar-refractivity contribution in [2.24, 2.45) is 11.8 Å². The first-order chi connectivity index (χ1) is 9.08. The summed E-state index contributed by atoms with van der Waals surface area (Å²) in [6, 6.07) is 2.19. The molecule has 0 spiro atoms. The van der Waals surface area contributed by atoms with Gasteiger partial charge in [-0.15, -0.1) is 11.3 Å². The molecule has 0 aliphatic heterocycles. The molecular weight excluding hydrogens is 322 g/mol. The fraction of sp³-hybridized carbons (Fsp3) is 0.733. The van der Waals surface area contributed by atoms with Crippen LogP contribution in [0.5, 0.6) is 0 Å². The molecule has 4 heteroatoms. The zero-order valence-corrected chi connectivity index (χ0v) is 14.2. The highest BCUT2D eigenvalue weighted by atomic mass is 79.9. The van der Waals surface area contributed by atoms with Gasteiger partial charge in [0.05, 0.1) is 9.89 Å². The van der Waals surface area contributed by atoms with E-state index in [0.717, 1.165) is 25.4 Å². The fourth-order valence-electron chi connectivity index (χ4n) is 3.12. The Hall–Kier alpha value is 0.100. The molecule has 1 aromatic heterocycles. The zero-order chi connectivity index (χ0) is 13.8. The highest BCUT2D eigenvalue weighted by molar-refractivity contribution is 9.11. The van der Waals surface area contributed by atoms with Gasteiger partial charge in [0.15, 0.2) is 0 Å². The minimum atomic E-state index is -0.0977. The smallest absolute Gasteiger partial charge is 0.0701 e. The summed E-state index contributed by atoms with van der Waals surface area (Å²) in [5.41, 5.74) is 1.36. The van der Waals surface area contributed by atoms with Gasteiger partial charge in [-0.05, 0) is 71.1 Å². The molecule has 2 nitrogen and oxygen atoms in total. The van der Waals surface area contributed by atoms with Crippen LogP contribution < -0.4 is 0 Å². The van der Waals surface area contributed by atoms with Gasteiger partial charge in [0.1, 0.15) is 0 Å². The molecule has 0 saturated heterocycles. The van der Waals surface area contributed by atoms with Crippen molar-refractivity contribution in [3.63, 3.8) is 0 Å². The maximum atomic E-state index is 10.2. The van der Waals surface area contributed by atoms with Gasteiger partial charge >= 0.3 is 0 Å². The van der Waals surface area contributed by atoms with Gasteiger partial charge in [-0.3, -0.25) is 0 Å². The summed E-state index contributed by atoms with van der Waals surface area (Å²) in [4.78, 5) is 2.35. The highest BCUT2D eigenvalue weighted by Crippen LogP contribution is 2.32. The second-order valence-electron chi connectivity index (χ2n) is 5.87. The largest absolute Gasteiger partial charge is 0.393 e. The molecule has 1 aromatic rings. The first-order valence-electron chi connectivity index (χ1n) is 7.18. The molecule has 1 aliphatic rings. The Kier molecular flexibility index (Phi) is 5.87. The molecule has 1 fully saturated rings. The quantitative estimate of drug-likeness (QED) is 0.867. The number of aliphatic hydroxyl groups excluding tert-OH is 1. The van der Waals surface area contributed by atoms with E-state index in [1.165, 1.54) is 28.6 Å². The number of halogens is 1. The van der Waals surface area contributed by atoms with Crippen LogP contribution in [0.25, 0.3) is 0 Å². The highest BCUT2D eigenvalue weighted by Gasteiger charge is 2.29. The Morgan fingerprint density at radius 2 is 2.26 bits per heavy atom. The number of hydrogen-bond acceptors (Lipinski definition) is 3. The van der Waals surface area contributed by atoms with E-state index in [9.17, 15) is 5.11 Å². The zero-order valence-electron chi connectivity index (χ0n) is 11.8. The van der Waals surface area contributed by atoms with Gasteiger partial charge in [0.25, 0.3) is 0 Å². The number of thiophene rings is 1. The third-order valence-electron chi connectivity index (χ3n) is 4.25. The van der Waals surface area contributed by atoms with Crippen LogP contribution in [0.1, 0.15) is 38.2 Å². The minimum Gasteiger partial charge on any atom is -0.393 e. The molecule has 1 saturated carbocycles. The van der Waals surface area contributed by atoms with Crippen LogP contribution in [0.15, 0.2) is 15.2 Å². The van der Waals surface area contributed by atoms with Crippen LogP contribution in [0.4, 0.5) is 0 Å². The molecule has 19 heavy (non-hydrogen) atoms. The minimum absolute atomic E-state index is 0.0977. The molecule has 0 aromatic carbocycles. The summed E-state index contributed by atoms with van der Waals surface area (Å²) >= 11 is 5.24. The van der Waals surface area contributed by atoms with Crippen molar-refractivity contribution >= 4 is 27.3 Å². The summed E-state index contributed by atoms with van der Waals surface area (Å²) in [5.74, 6) is 1.27. The van der Waals surface area contributed by atoms with Crippen molar-refractivity contribution in [3.8, 4) is 0 Å². The molecule has 3 unspecified atom stereocenters. The average Bonchev–Trinajstić information content (AvgIpc) is 2.77. The van der Waals surface area contributed by atoms with E-state index in [-0.39, 0.29) is 6.10 Å². The second kappa shape index (κ2) is 7.21. The van der Waals surface area contributed by atoms with Crippen molar-refractivity contribution < 1.29 is 5.11 Å². The lowest BCUT2D eigenvalue weighted by molar-refractivity contribution is 0.0298.